The van der Waals surface area contributed by atoms with E-state index in [0.29, 0.717) is 19.5 Å². The van der Waals surface area contributed by atoms with E-state index in [9.17, 15) is 14.4 Å². The van der Waals surface area contributed by atoms with Crippen LogP contribution in [0.3, 0.4) is 0 Å². The van der Waals surface area contributed by atoms with E-state index in [1.807, 2.05) is 41.5 Å². The van der Waals surface area contributed by atoms with Crippen LogP contribution in [0.2, 0.25) is 0 Å². The van der Waals surface area contributed by atoms with Crippen molar-refractivity contribution in [2.75, 3.05) is 13.1 Å². The number of amides is 3. The molecule has 22 heavy (non-hydrogen) atoms. The molecule has 0 spiro atoms. The maximum absolute atomic E-state index is 11.6. The fourth-order valence-electron chi connectivity index (χ4n) is 1.74. The summed E-state index contributed by atoms with van der Waals surface area (Å²) in [5.74, 6) is -0.346. The van der Waals surface area contributed by atoms with Crippen molar-refractivity contribution in [3.05, 3.63) is 0 Å². The van der Waals surface area contributed by atoms with Crippen molar-refractivity contribution < 1.29 is 14.4 Å². The van der Waals surface area contributed by atoms with Gasteiger partial charge in [0.2, 0.25) is 17.7 Å². The van der Waals surface area contributed by atoms with E-state index in [1.54, 1.807) is 0 Å². The Bertz CT molecular complexity index is 392. The van der Waals surface area contributed by atoms with E-state index in [-0.39, 0.29) is 41.5 Å². The standard InChI is InChI=1S/C16H31N3O3/c1-15(2,3)11-14(22)18-10-9-17-12(20)7-8-13(21)19-16(4,5)6/h7-11H2,1-6H3,(H,17,20)(H,18,22)(H,19,21). The van der Waals surface area contributed by atoms with Crippen LogP contribution in [0.15, 0.2) is 0 Å². The van der Waals surface area contributed by atoms with Crippen molar-refractivity contribution in [2.45, 2.75) is 66.3 Å². The lowest BCUT2D eigenvalue weighted by Gasteiger charge is -2.20. The van der Waals surface area contributed by atoms with Crippen molar-refractivity contribution in [2.24, 2.45) is 5.41 Å². The maximum atomic E-state index is 11.6. The molecular formula is C16H31N3O3. The lowest BCUT2D eigenvalue weighted by molar-refractivity contribution is -0.127. The zero-order chi connectivity index (χ0) is 17.4. The minimum Gasteiger partial charge on any atom is -0.354 e. The summed E-state index contributed by atoms with van der Waals surface area (Å²) in [6.07, 6.45) is 0.769. The molecule has 0 aromatic heterocycles. The van der Waals surface area contributed by atoms with Crippen LogP contribution in [-0.2, 0) is 14.4 Å². The van der Waals surface area contributed by atoms with Gasteiger partial charge in [-0.15, -0.1) is 0 Å². The maximum Gasteiger partial charge on any atom is 0.220 e. The van der Waals surface area contributed by atoms with Crippen LogP contribution in [-0.4, -0.2) is 36.3 Å². The predicted octanol–water partition coefficient (Wildman–Crippen LogP) is 1.35. The van der Waals surface area contributed by atoms with Gasteiger partial charge in [-0.2, -0.15) is 0 Å². The lowest BCUT2D eigenvalue weighted by Crippen LogP contribution is -2.41. The summed E-state index contributed by atoms with van der Waals surface area (Å²) in [5.41, 5.74) is -0.335. The highest BCUT2D eigenvalue weighted by atomic mass is 16.2. The second kappa shape index (κ2) is 8.76. The van der Waals surface area contributed by atoms with Gasteiger partial charge in [0.15, 0.2) is 0 Å². The first-order chi connectivity index (χ1) is 9.89. The highest BCUT2D eigenvalue weighted by Gasteiger charge is 2.16. The molecule has 0 aromatic carbocycles. The van der Waals surface area contributed by atoms with Crippen LogP contribution in [0.4, 0.5) is 0 Å². The molecule has 6 heteroatoms. The first kappa shape index (κ1) is 20.4. The van der Waals surface area contributed by atoms with Gasteiger partial charge >= 0.3 is 0 Å². The van der Waals surface area contributed by atoms with Crippen molar-refractivity contribution in [3.63, 3.8) is 0 Å². The van der Waals surface area contributed by atoms with Gasteiger partial charge in [0, 0.05) is 37.9 Å². The Morgan fingerprint density at radius 3 is 1.64 bits per heavy atom. The second-order valence-electron chi connectivity index (χ2n) is 7.74. The zero-order valence-corrected chi connectivity index (χ0v) is 14.8. The SMILES string of the molecule is CC(C)(C)CC(=O)NCCNC(=O)CCC(=O)NC(C)(C)C. The summed E-state index contributed by atoms with van der Waals surface area (Å²) in [5, 5.41) is 8.25. The molecule has 0 aromatic rings. The van der Waals surface area contributed by atoms with Gasteiger partial charge in [-0.05, 0) is 26.2 Å². The van der Waals surface area contributed by atoms with E-state index in [1.165, 1.54) is 0 Å². The molecule has 0 heterocycles. The van der Waals surface area contributed by atoms with Crippen LogP contribution in [0.1, 0.15) is 60.8 Å². The van der Waals surface area contributed by atoms with E-state index < -0.39 is 0 Å². The first-order valence-electron chi connectivity index (χ1n) is 7.73. The van der Waals surface area contributed by atoms with Crippen molar-refractivity contribution in [1.82, 2.24) is 16.0 Å². The molecule has 0 aliphatic heterocycles. The van der Waals surface area contributed by atoms with Crippen LogP contribution < -0.4 is 16.0 Å². The number of carbonyl (C=O) groups is 3. The number of hydrogen-bond acceptors (Lipinski definition) is 3. The Balaban J connectivity index is 3.75. The summed E-state index contributed by atoms with van der Waals surface area (Å²) < 4.78 is 0. The molecular weight excluding hydrogens is 282 g/mol. The van der Waals surface area contributed by atoms with E-state index in [2.05, 4.69) is 16.0 Å². The van der Waals surface area contributed by atoms with E-state index in [4.69, 9.17) is 0 Å². The lowest BCUT2D eigenvalue weighted by atomic mass is 9.92. The van der Waals surface area contributed by atoms with E-state index in [0.717, 1.165) is 0 Å². The first-order valence-corrected chi connectivity index (χ1v) is 7.73. The van der Waals surface area contributed by atoms with Crippen molar-refractivity contribution in [1.29, 1.82) is 0 Å². The average Bonchev–Trinajstić information content (AvgIpc) is 2.27. The molecule has 3 amide bonds. The third-order valence-corrected chi connectivity index (χ3v) is 2.55. The van der Waals surface area contributed by atoms with Gasteiger partial charge in [-0.25, -0.2) is 0 Å². The fraction of sp³-hybridized carbons (Fsp3) is 0.812. The fourth-order valence-corrected chi connectivity index (χ4v) is 1.74. The minimum absolute atomic E-state index is 0.0219. The quantitative estimate of drug-likeness (QED) is 0.620. The Labute approximate surface area is 133 Å². The molecule has 0 atom stereocenters. The van der Waals surface area contributed by atoms with Crippen LogP contribution in [0.25, 0.3) is 0 Å². The third-order valence-electron chi connectivity index (χ3n) is 2.55. The Kier molecular flexibility index (Phi) is 8.12. The molecule has 0 saturated heterocycles. The van der Waals surface area contributed by atoms with Gasteiger partial charge in [0.1, 0.15) is 0 Å². The number of carbonyl (C=O) groups excluding carboxylic acids is 3. The van der Waals surface area contributed by atoms with E-state index >= 15 is 0 Å². The summed E-state index contributed by atoms with van der Waals surface area (Å²) >= 11 is 0. The molecule has 0 saturated carbocycles. The third kappa shape index (κ3) is 13.4. The van der Waals surface area contributed by atoms with Gasteiger partial charge in [0.05, 0.1) is 0 Å². The highest BCUT2D eigenvalue weighted by Crippen LogP contribution is 2.17. The number of rotatable bonds is 7. The second-order valence-corrected chi connectivity index (χ2v) is 7.74. The summed E-state index contributed by atoms with van der Waals surface area (Å²) in [7, 11) is 0. The van der Waals surface area contributed by atoms with Crippen LogP contribution in [0, 0.1) is 5.41 Å². The van der Waals surface area contributed by atoms with Gasteiger partial charge in [-0.1, -0.05) is 20.8 Å². The number of hydrogen-bond donors (Lipinski definition) is 3. The topological polar surface area (TPSA) is 87.3 Å². The molecule has 0 aliphatic rings. The molecule has 0 unspecified atom stereocenters. The predicted molar refractivity (Wildman–Crippen MR) is 87.2 cm³/mol. The Morgan fingerprint density at radius 1 is 0.727 bits per heavy atom. The van der Waals surface area contributed by atoms with Crippen molar-refractivity contribution >= 4 is 17.7 Å². The van der Waals surface area contributed by atoms with Gasteiger partial charge in [-0.3, -0.25) is 14.4 Å². The van der Waals surface area contributed by atoms with Gasteiger partial charge in [0.25, 0.3) is 0 Å². The van der Waals surface area contributed by atoms with Gasteiger partial charge < -0.3 is 16.0 Å². The molecule has 0 radical (unpaired) electrons. The summed E-state index contributed by atoms with van der Waals surface area (Å²) in [4.78, 5) is 34.7. The molecule has 0 aliphatic carbocycles. The average molecular weight is 313 g/mol. The molecule has 6 nitrogen and oxygen atoms in total. The number of nitrogens with one attached hydrogen (secondary N) is 3. The minimum atomic E-state index is -0.287. The Morgan fingerprint density at radius 2 is 1.18 bits per heavy atom. The molecule has 0 bridgehead atoms. The largest absolute Gasteiger partial charge is 0.354 e. The van der Waals surface area contributed by atoms with Crippen LogP contribution in [0.5, 0.6) is 0 Å². The summed E-state index contributed by atoms with van der Waals surface area (Å²) in [6, 6.07) is 0. The smallest absolute Gasteiger partial charge is 0.220 e. The normalized spacial score (nSPS) is 11.7. The molecule has 3 N–H and O–H groups in total. The van der Waals surface area contributed by atoms with Crippen LogP contribution >= 0.6 is 0 Å². The molecule has 128 valence electrons. The zero-order valence-electron chi connectivity index (χ0n) is 14.8. The Hall–Kier alpha value is -1.59. The molecule has 0 fully saturated rings. The van der Waals surface area contributed by atoms with Crippen molar-refractivity contribution in [3.8, 4) is 0 Å². The monoisotopic (exact) mass is 313 g/mol. The highest BCUT2D eigenvalue weighted by molar-refractivity contribution is 5.84. The summed E-state index contributed by atoms with van der Waals surface area (Å²) in [6.45, 7) is 12.4. The molecule has 0 rings (SSSR count).